The lowest BCUT2D eigenvalue weighted by atomic mass is 10.2. The summed E-state index contributed by atoms with van der Waals surface area (Å²) in [5.74, 6) is -1.01. The van der Waals surface area contributed by atoms with Gasteiger partial charge in [0.1, 0.15) is 11.7 Å². The number of aliphatic carboxylic acids is 1. The molecule has 1 aliphatic heterocycles. The molecule has 6 heteroatoms. The second-order valence-electron chi connectivity index (χ2n) is 4.79. The van der Waals surface area contributed by atoms with Gasteiger partial charge in [0.2, 0.25) is 0 Å². The predicted molar refractivity (Wildman–Crippen MR) is 70.3 cm³/mol. The quantitative estimate of drug-likeness (QED) is 0.874. The van der Waals surface area contributed by atoms with Crippen molar-refractivity contribution in [1.82, 2.24) is 9.88 Å². The molecule has 6 nitrogen and oxygen atoms in total. The molecular weight excluding hydrogens is 246 g/mol. The SMILES string of the molecule is CN(C)C(=O)c1cc(N2CCCC2C(=O)O)ccn1. The maximum absolute atomic E-state index is 11.9. The zero-order chi connectivity index (χ0) is 14.0. The maximum atomic E-state index is 11.9. The van der Waals surface area contributed by atoms with Crippen LogP contribution in [-0.2, 0) is 4.79 Å². The number of amides is 1. The predicted octanol–water partition coefficient (Wildman–Crippen LogP) is 0.837. The van der Waals surface area contributed by atoms with Gasteiger partial charge in [-0.2, -0.15) is 0 Å². The Hall–Kier alpha value is -2.11. The van der Waals surface area contributed by atoms with Crippen molar-refractivity contribution in [2.75, 3.05) is 25.5 Å². The topological polar surface area (TPSA) is 73.7 Å². The number of aromatic nitrogens is 1. The van der Waals surface area contributed by atoms with E-state index in [0.29, 0.717) is 18.7 Å². The van der Waals surface area contributed by atoms with Crippen molar-refractivity contribution in [3.05, 3.63) is 24.0 Å². The number of carboxylic acid groups (broad SMARTS) is 1. The largest absolute Gasteiger partial charge is 0.480 e. The maximum Gasteiger partial charge on any atom is 0.326 e. The highest BCUT2D eigenvalue weighted by Gasteiger charge is 2.31. The average Bonchev–Trinajstić information content (AvgIpc) is 2.87. The van der Waals surface area contributed by atoms with Gasteiger partial charge in [-0.3, -0.25) is 9.78 Å². The van der Waals surface area contributed by atoms with Gasteiger partial charge in [0.25, 0.3) is 5.91 Å². The van der Waals surface area contributed by atoms with Crippen LogP contribution in [0.4, 0.5) is 5.69 Å². The van der Waals surface area contributed by atoms with Crippen LogP contribution >= 0.6 is 0 Å². The molecule has 0 spiro atoms. The summed E-state index contributed by atoms with van der Waals surface area (Å²) in [6, 6.07) is 2.89. The summed E-state index contributed by atoms with van der Waals surface area (Å²) in [5.41, 5.74) is 1.07. The lowest BCUT2D eigenvalue weighted by Gasteiger charge is -2.24. The minimum absolute atomic E-state index is 0.187. The van der Waals surface area contributed by atoms with Crippen LogP contribution in [0.3, 0.4) is 0 Å². The van der Waals surface area contributed by atoms with Gasteiger partial charge < -0.3 is 14.9 Å². The van der Waals surface area contributed by atoms with E-state index in [0.717, 1.165) is 12.1 Å². The van der Waals surface area contributed by atoms with E-state index in [1.54, 1.807) is 32.4 Å². The molecule has 1 aliphatic rings. The van der Waals surface area contributed by atoms with Crippen molar-refractivity contribution in [3.8, 4) is 0 Å². The van der Waals surface area contributed by atoms with Gasteiger partial charge in [0.05, 0.1) is 0 Å². The number of hydrogen-bond acceptors (Lipinski definition) is 4. The molecule has 102 valence electrons. The molecule has 0 saturated carbocycles. The highest BCUT2D eigenvalue weighted by molar-refractivity contribution is 5.93. The fourth-order valence-corrected chi connectivity index (χ4v) is 2.28. The third-order valence-corrected chi connectivity index (χ3v) is 3.24. The second kappa shape index (κ2) is 5.26. The van der Waals surface area contributed by atoms with E-state index in [9.17, 15) is 14.7 Å². The number of nitrogens with zero attached hydrogens (tertiary/aromatic N) is 3. The summed E-state index contributed by atoms with van der Waals surface area (Å²) in [6.07, 6.45) is 3.02. The summed E-state index contributed by atoms with van der Waals surface area (Å²) in [4.78, 5) is 30.3. The number of carboxylic acids is 1. The van der Waals surface area contributed by atoms with Crippen molar-refractivity contribution in [2.24, 2.45) is 0 Å². The summed E-state index contributed by atoms with van der Waals surface area (Å²) >= 11 is 0. The minimum atomic E-state index is -0.824. The number of anilines is 1. The molecule has 1 aromatic heterocycles. The summed E-state index contributed by atoms with van der Waals surface area (Å²) in [5, 5.41) is 9.18. The molecule has 1 saturated heterocycles. The summed E-state index contributed by atoms with van der Waals surface area (Å²) in [7, 11) is 3.32. The van der Waals surface area contributed by atoms with Crippen molar-refractivity contribution in [1.29, 1.82) is 0 Å². The molecule has 2 rings (SSSR count). The smallest absolute Gasteiger partial charge is 0.326 e. The highest BCUT2D eigenvalue weighted by Crippen LogP contribution is 2.25. The van der Waals surface area contributed by atoms with E-state index >= 15 is 0 Å². The molecule has 2 heterocycles. The fourth-order valence-electron chi connectivity index (χ4n) is 2.28. The van der Waals surface area contributed by atoms with Crippen molar-refractivity contribution >= 4 is 17.6 Å². The number of rotatable bonds is 3. The molecular formula is C13H17N3O3. The number of carbonyl (C=O) groups excluding carboxylic acids is 1. The van der Waals surface area contributed by atoms with Gasteiger partial charge in [-0.05, 0) is 25.0 Å². The van der Waals surface area contributed by atoms with Crippen molar-refractivity contribution in [2.45, 2.75) is 18.9 Å². The van der Waals surface area contributed by atoms with E-state index in [-0.39, 0.29) is 5.91 Å². The monoisotopic (exact) mass is 263 g/mol. The van der Waals surface area contributed by atoms with E-state index in [4.69, 9.17) is 0 Å². The van der Waals surface area contributed by atoms with E-state index < -0.39 is 12.0 Å². The molecule has 1 N–H and O–H groups in total. The Balaban J connectivity index is 2.28. The zero-order valence-corrected chi connectivity index (χ0v) is 11.0. The molecule has 0 aliphatic carbocycles. The van der Waals surface area contributed by atoms with Crippen LogP contribution in [0.25, 0.3) is 0 Å². The van der Waals surface area contributed by atoms with Gasteiger partial charge in [-0.25, -0.2) is 4.79 Å². The Kier molecular flexibility index (Phi) is 3.69. The summed E-state index contributed by atoms with van der Waals surface area (Å²) in [6.45, 7) is 0.691. The standard InChI is InChI=1S/C13H17N3O3/c1-15(2)12(17)10-8-9(5-6-14-10)16-7-3-4-11(16)13(18)19/h5-6,8,11H,3-4,7H2,1-2H3,(H,18,19). The highest BCUT2D eigenvalue weighted by atomic mass is 16.4. The van der Waals surface area contributed by atoms with Gasteiger partial charge >= 0.3 is 5.97 Å². The van der Waals surface area contributed by atoms with Crippen LogP contribution in [0.5, 0.6) is 0 Å². The Morgan fingerprint density at radius 3 is 2.84 bits per heavy atom. The molecule has 1 unspecified atom stereocenters. The average molecular weight is 263 g/mol. The van der Waals surface area contributed by atoms with Gasteiger partial charge in [-0.15, -0.1) is 0 Å². The first-order valence-corrected chi connectivity index (χ1v) is 6.18. The van der Waals surface area contributed by atoms with Crippen LogP contribution in [0.2, 0.25) is 0 Å². The Morgan fingerprint density at radius 1 is 1.47 bits per heavy atom. The molecule has 0 bridgehead atoms. The third-order valence-electron chi connectivity index (χ3n) is 3.24. The normalized spacial score (nSPS) is 18.4. The Labute approximate surface area is 111 Å². The first-order chi connectivity index (χ1) is 9.00. The van der Waals surface area contributed by atoms with E-state index in [2.05, 4.69) is 4.98 Å². The Morgan fingerprint density at radius 2 is 2.21 bits per heavy atom. The fraction of sp³-hybridized carbons (Fsp3) is 0.462. The number of hydrogen-bond donors (Lipinski definition) is 1. The number of carbonyl (C=O) groups is 2. The lowest BCUT2D eigenvalue weighted by Crippen LogP contribution is -2.36. The molecule has 1 fully saturated rings. The number of pyridine rings is 1. The van der Waals surface area contributed by atoms with Crippen LogP contribution in [0, 0.1) is 0 Å². The molecule has 1 aromatic rings. The van der Waals surface area contributed by atoms with Crippen LogP contribution in [0.1, 0.15) is 23.3 Å². The van der Waals surface area contributed by atoms with E-state index in [1.165, 1.54) is 4.90 Å². The van der Waals surface area contributed by atoms with Crippen LogP contribution in [-0.4, -0.2) is 53.5 Å². The minimum Gasteiger partial charge on any atom is -0.480 e. The molecule has 1 atom stereocenters. The second-order valence-corrected chi connectivity index (χ2v) is 4.79. The van der Waals surface area contributed by atoms with Crippen LogP contribution < -0.4 is 4.90 Å². The lowest BCUT2D eigenvalue weighted by molar-refractivity contribution is -0.138. The zero-order valence-electron chi connectivity index (χ0n) is 11.0. The first kappa shape index (κ1) is 13.3. The van der Waals surface area contributed by atoms with Crippen molar-refractivity contribution < 1.29 is 14.7 Å². The van der Waals surface area contributed by atoms with E-state index in [1.807, 2.05) is 4.90 Å². The third kappa shape index (κ3) is 2.67. The molecule has 19 heavy (non-hydrogen) atoms. The van der Waals surface area contributed by atoms with Gasteiger partial charge in [-0.1, -0.05) is 0 Å². The first-order valence-electron chi connectivity index (χ1n) is 6.18. The summed E-state index contributed by atoms with van der Waals surface area (Å²) < 4.78 is 0. The van der Waals surface area contributed by atoms with Gasteiger partial charge in [0.15, 0.2) is 0 Å². The molecule has 0 radical (unpaired) electrons. The van der Waals surface area contributed by atoms with Crippen molar-refractivity contribution in [3.63, 3.8) is 0 Å². The molecule has 1 amide bonds. The Bertz CT molecular complexity index is 502. The van der Waals surface area contributed by atoms with Crippen LogP contribution in [0.15, 0.2) is 18.3 Å². The molecule has 0 aromatic carbocycles. The van der Waals surface area contributed by atoms with Gasteiger partial charge in [0, 0.05) is 32.5 Å².